The summed E-state index contributed by atoms with van der Waals surface area (Å²) in [4.78, 5) is 0. The van der Waals surface area contributed by atoms with Crippen molar-refractivity contribution in [3.63, 3.8) is 0 Å². The first-order chi connectivity index (χ1) is 6.41. The second kappa shape index (κ2) is 11.9. The maximum atomic E-state index is 8.52. The summed E-state index contributed by atoms with van der Waals surface area (Å²) in [5.74, 6) is 0. The molecular formula is C10H23NO2. The molecule has 0 bridgehead atoms. The third kappa shape index (κ3) is 11.9. The van der Waals surface area contributed by atoms with Crippen molar-refractivity contribution >= 4 is 0 Å². The van der Waals surface area contributed by atoms with E-state index in [4.69, 9.17) is 9.84 Å². The maximum absolute atomic E-state index is 8.52. The van der Waals surface area contributed by atoms with E-state index in [2.05, 4.69) is 12.2 Å². The van der Waals surface area contributed by atoms with Crippen molar-refractivity contribution in [3.05, 3.63) is 0 Å². The highest BCUT2D eigenvalue weighted by atomic mass is 16.5. The number of ether oxygens (including phenoxy) is 1. The van der Waals surface area contributed by atoms with E-state index in [1.54, 1.807) is 0 Å². The summed E-state index contributed by atoms with van der Waals surface area (Å²) in [6.45, 7) is 6.12. The van der Waals surface area contributed by atoms with Gasteiger partial charge in [-0.05, 0) is 32.2 Å². The lowest BCUT2D eigenvalue weighted by Gasteiger charge is -2.04. The Balaban J connectivity index is 2.76. The molecule has 0 rings (SSSR count). The molecule has 0 aromatic rings. The summed E-state index contributed by atoms with van der Waals surface area (Å²) in [7, 11) is 0. The van der Waals surface area contributed by atoms with E-state index >= 15 is 0 Å². The Bertz CT molecular complexity index is 79.0. The van der Waals surface area contributed by atoms with Crippen LogP contribution in [0.1, 0.15) is 32.6 Å². The van der Waals surface area contributed by atoms with E-state index in [0.29, 0.717) is 6.61 Å². The first-order valence-corrected chi connectivity index (χ1v) is 5.31. The predicted molar refractivity (Wildman–Crippen MR) is 54.9 cm³/mol. The molecular weight excluding hydrogens is 166 g/mol. The lowest BCUT2D eigenvalue weighted by atomic mass is 10.2. The molecule has 0 aliphatic heterocycles. The van der Waals surface area contributed by atoms with E-state index in [0.717, 1.165) is 45.6 Å². The first kappa shape index (κ1) is 12.9. The molecule has 0 spiro atoms. The van der Waals surface area contributed by atoms with Gasteiger partial charge in [-0.3, -0.25) is 0 Å². The molecule has 0 aromatic heterocycles. The number of hydrogen-bond acceptors (Lipinski definition) is 3. The summed E-state index contributed by atoms with van der Waals surface area (Å²) in [5.41, 5.74) is 0. The molecule has 0 saturated carbocycles. The zero-order valence-electron chi connectivity index (χ0n) is 8.72. The van der Waals surface area contributed by atoms with Gasteiger partial charge in [0.05, 0.1) is 6.61 Å². The SMILES string of the molecule is CCCNCCOCCCCCO. The Morgan fingerprint density at radius 3 is 2.62 bits per heavy atom. The molecule has 0 aromatic carbocycles. The fourth-order valence-electron chi connectivity index (χ4n) is 1.04. The van der Waals surface area contributed by atoms with Gasteiger partial charge >= 0.3 is 0 Å². The van der Waals surface area contributed by atoms with Gasteiger partial charge in [0.25, 0.3) is 0 Å². The highest BCUT2D eigenvalue weighted by Gasteiger charge is 1.89. The van der Waals surface area contributed by atoms with Gasteiger partial charge < -0.3 is 15.2 Å². The van der Waals surface area contributed by atoms with Crippen LogP contribution in [0.4, 0.5) is 0 Å². The number of aliphatic hydroxyl groups excluding tert-OH is 1. The Kier molecular flexibility index (Phi) is 11.8. The molecule has 0 fully saturated rings. The number of hydrogen-bond donors (Lipinski definition) is 2. The predicted octanol–water partition coefficient (Wildman–Crippen LogP) is 1.17. The molecule has 80 valence electrons. The summed E-state index contributed by atoms with van der Waals surface area (Å²) >= 11 is 0. The zero-order chi connectivity index (χ0) is 9.78. The van der Waals surface area contributed by atoms with E-state index in [9.17, 15) is 0 Å². The largest absolute Gasteiger partial charge is 0.396 e. The van der Waals surface area contributed by atoms with Crippen molar-refractivity contribution < 1.29 is 9.84 Å². The fourth-order valence-corrected chi connectivity index (χ4v) is 1.04. The minimum atomic E-state index is 0.304. The Morgan fingerprint density at radius 1 is 1.08 bits per heavy atom. The maximum Gasteiger partial charge on any atom is 0.0590 e. The summed E-state index contributed by atoms with van der Waals surface area (Å²) in [5, 5.41) is 11.8. The van der Waals surface area contributed by atoms with Crippen molar-refractivity contribution in [2.75, 3.05) is 32.9 Å². The molecule has 3 heteroatoms. The van der Waals surface area contributed by atoms with Gasteiger partial charge in [-0.25, -0.2) is 0 Å². The van der Waals surface area contributed by atoms with Gasteiger partial charge in [-0.2, -0.15) is 0 Å². The lowest BCUT2D eigenvalue weighted by Crippen LogP contribution is -2.20. The molecule has 0 aliphatic carbocycles. The molecule has 0 radical (unpaired) electrons. The molecule has 0 aliphatic rings. The molecule has 0 atom stereocenters. The number of rotatable bonds is 10. The Morgan fingerprint density at radius 2 is 1.92 bits per heavy atom. The van der Waals surface area contributed by atoms with Crippen molar-refractivity contribution in [3.8, 4) is 0 Å². The van der Waals surface area contributed by atoms with Crippen molar-refractivity contribution in [2.45, 2.75) is 32.6 Å². The molecule has 0 heterocycles. The molecule has 3 nitrogen and oxygen atoms in total. The Hall–Kier alpha value is -0.120. The van der Waals surface area contributed by atoms with Crippen LogP contribution in [0, 0.1) is 0 Å². The van der Waals surface area contributed by atoms with Gasteiger partial charge in [0.15, 0.2) is 0 Å². The molecule has 2 N–H and O–H groups in total. The van der Waals surface area contributed by atoms with Gasteiger partial charge in [0.1, 0.15) is 0 Å². The van der Waals surface area contributed by atoms with Gasteiger partial charge in [0.2, 0.25) is 0 Å². The van der Waals surface area contributed by atoms with Crippen molar-refractivity contribution in [1.29, 1.82) is 0 Å². The summed E-state index contributed by atoms with van der Waals surface area (Å²) < 4.78 is 5.38. The topological polar surface area (TPSA) is 41.5 Å². The van der Waals surface area contributed by atoms with Gasteiger partial charge in [-0.1, -0.05) is 6.92 Å². The minimum absolute atomic E-state index is 0.304. The molecule has 0 amide bonds. The first-order valence-electron chi connectivity index (χ1n) is 5.31. The normalized spacial score (nSPS) is 10.6. The third-order valence-corrected chi connectivity index (χ3v) is 1.80. The van der Waals surface area contributed by atoms with E-state index in [1.165, 1.54) is 6.42 Å². The molecule has 13 heavy (non-hydrogen) atoms. The van der Waals surface area contributed by atoms with Crippen LogP contribution in [0.25, 0.3) is 0 Å². The standard InChI is InChI=1S/C10H23NO2/c1-2-6-11-7-10-13-9-5-3-4-8-12/h11-12H,2-10H2,1H3. The average Bonchev–Trinajstić information content (AvgIpc) is 2.16. The number of unbranched alkanes of at least 4 members (excludes halogenated alkanes) is 2. The average molecular weight is 189 g/mol. The third-order valence-electron chi connectivity index (χ3n) is 1.80. The van der Waals surface area contributed by atoms with Crippen LogP contribution >= 0.6 is 0 Å². The van der Waals surface area contributed by atoms with E-state index in [1.807, 2.05) is 0 Å². The van der Waals surface area contributed by atoms with Crippen molar-refractivity contribution in [2.24, 2.45) is 0 Å². The van der Waals surface area contributed by atoms with Crippen molar-refractivity contribution in [1.82, 2.24) is 5.32 Å². The van der Waals surface area contributed by atoms with Crippen LogP contribution in [0.2, 0.25) is 0 Å². The number of aliphatic hydroxyl groups is 1. The van der Waals surface area contributed by atoms with Gasteiger partial charge in [0, 0.05) is 19.8 Å². The summed E-state index contributed by atoms with van der Waals surface area (Å²) in [6, 6.07) is 0. The van der Waals surface area contributed by atoms with Crippen LogP contribution in [0.15, 0.2) is 0 Å². The lowest BCUT2D eigenvalue weighted by molar-refractivity contribution is 0.130. The van der Waals surface area contributed by atoms with Crippen LogP contribution in [0.3, 0.4) is 0 Å². The van der Waals surface area contributed by atoms with Crippen LogP contribution in [-0.2, 0) is 4.74 Å². The van der Waals surface area contributed by atoms with Gasteiger partial charge in [-0.15, -0.1) is 0 Å². The minimum Gasteiger partial charge on any atom is -0.396 e. The number of nitrogens with one attached hydrogen (secondary N) is 1. The van der Waals surface area contributed by atoms with Crippen LogP contribution < -0.4 is 5.32 Å². The Labute approximate surface area is 81.5 Å². The van der Waals surface area contributed by atoms with E-state index < -0.39 is 0 Å². The highest BCUT2D eigenvalue weighted by Crippen LogP contribution is 1.93. The quantitative estimate of drug-likeness (QED) is 0.507. The van der Waals surface area contributed by atoms with Crippen LogP contribution in [-0.4, -0.2) is 38.0 Å². The zero-order valence-corrected chi connectivity index (χ0v) is 8.72. The summed E-state index contributed by atoms with van der Waals surface area (Å²) in [6.07, 6.45) is 4.21. The van der Waals surface area contributed by atoms with Crippen LogP contribution in [0.5, 0.6) is 0 Å². The second-order valence-electron chi connectivity index (χ2n) is 3.15. The molecule has 0 saturated heterocycles. The highest BCUT2D eigenvalue weighted by molar-refractivity contribution is 4.44. The smallest absolute Gasteiger partial charge is 0.0590 e. The second-order valence-corrected chi connectivity index (χ2v) is 3.15. The van der Waals surface area contributed by atoms with E-state index in [-0.39, 0.29) is 0 Å². The molecule has 0 unspecified atom stereocenters. The monoisotopic (exact) mass is 189 g/mol. The fraction of sp³-hybridized carbons (Fsp3) is 1.00.